The van der Waals surface area contributed by atoms with E-state index in [-0.39, 0.29) is 0 Å². The summed E-state index contributed by atoms with van der Waals surface area (Å²) in [5.74, 6) is 2.84. The summed E-state index contributed by atoms with van der Waals surface area (Å²) in [5, 5.41) is 10.3. The first-order valence-electron chi connectivity index (χ1n) is 10.0. The quantitative estimate of drug-likeness (QED) is 0.566. The molecular formula is C20H34N4S2. The second-order valence-electron chi connectivity index (χ2n) is 7.53. The topological polar surface area (TPSA) is 39.7 Å². The molecule has 4 nitrogen and oxygen atoms in total. The molecule has 4 unspecified atom stereocenters. The minimum atomic E-state index is 0.533. The molecule has 1 aliphatic heterocycles. The first-order valence-corrected chi connectivity index (χ1v) is 12.0. The van der Waals surface area contributed by atoms with Crippen molar-refractivity contribution in [1.82, 2.24) is 15.5 Å². The number of nitrogens with one attached hydrogen (secondary N) is 2. The molecule has 2 fully saturated rings. The van der Waals surface area contributed by atoms with E-state index in [1.807, 2.05) is 18.4 Å². The number of thioether (sulfide) groups is 1. The Labute approximate surface area is 167 Å². The lowest BCUT2D eigenvalue weighted by Gasteiger charge is -2.39. The number of nitrogens with zero attached hydrogens (tertiary/aromatic N) is 2. The zero-order valence-electron chi connectivity index (χ0n) is 16.4. The molecule has 2 aliphatic rings. The van der Waals surface area contributed by atoms with Crippen molar-refractivity contribution in [3.63, 3.8) is 0 Å². The van der Waals surface area contributed by atoms with Crippen LogP contribution in [0.1, 0.15) is 49.9 Å². The molecule has 2 heterocycles. The Hall–Kier alpha value is -0.720. The monoisotopic (exact) mass is 394 g/mol. The summed E-state index contributed by atoms with van der Waals surface area (Å²) in [6.07, 6.45) is 6.44. The zero-order chi connectivity index (χ0) is 18.4. The van der Waals surface area contributed by atoms with Gasteiger partial charge in [-0.3, -0.25) is 9.89 Å². The van der Waals surface area contributed by atoms with Gasteiger partial charge >= 0.3 is 0 Å². The summed E-state index contributed by atoms with van der Waals surface area (Å²) < 4.78 is 0. The maximum atomic E-state index is 4.49. The third-order valence-electron chi connectivity index (χ3n) is 5.72. The predicted molar refractivity (Wildman–Crippen MR) is 116 cm³/mol. The fraction of sp³-hybridized carbons (Fsp3) is 0.750. The third kappa shape index (κ3) is 5.17. The van der Waals surface area contributed by atoms with E-state index in [9.17, 15) is 0 Å². The molecule has 26 heavy (non-hydrogen) atoms. The van der Waals surface area contributed by atoms with E-state index in [0.29, 0.717) is 18.0 Å². The van der Waals surface area contributed by atoms with E-state index in [4.69, 9.17) is 0 Å². The van der Waals surface area contributed by atoms with Crippen LogP contribution in [0.15, 0.2) is 22.5 Å². The molecular weight excluding hydrogens is 360 g/mol. The molecule has 0 bridgehead atoms. The molecule has 3 rings (SSSR count). The zero-order valence-corrected chi connectivity index (χ0v) is 18.0. The highest BCUT2D eigenvalue weighted by atomic mass is 32.2. The summed E-state index contributed by atoms with van der Waals surface area (Å²) in [7, 11) is 4.17. The standard InChI is InChI=1S/C20H34N4S2/c1-4-25-17-10-9-16(13-17)23-20(21-2)22-14-15-7-5-11-24(3)19(15)18-8-6-12-26-18/h6,8,12,15-17,19H,4-5,7,9-11,13-14H2,1-3H3,(H2,21,22,23). The van der Waals surface area contributed by atoms with Crippen molar-refractivity contribution in [1.29, 1.82) is 0 Å². The van der Waals surface area contributed by atoms with E-state index in [0.717, 1.165) is 17.8 Å². The lowest BCUT2D eigenvalue weighted by molar-refractivity contribution is 0.125. The lowest BCUT2D eigenvalue weighted by Crippen LogP contribution is -2.47. The third-order valence-corrected chi connectivity index (χ3v) is 7.90. The largest absolute Gasteiger partial charge is 0.356 e. The van der Waals surface area contributed by atoms with Crippen LogP contribution in [0.4, 0.5) is 0 Å². The molecule has 1 saturated carbocycles. The van der Waals surface area contributed by atoms with Crippen LogP contribution in [0.5, 0.6) is 0 Å². The average Bonchev–Trinajstić information content (AvgIpc) is 3.31. The summed E-state index contributed by atoms with van der Waals surface area (Å²) in [5.41, 5.74) is 0. The molecule has 0 spiro atoms. The highest BCUT2D eigenvalue weighted by Gasteiger charge is 2.31. The number of likely N-dealkylation sites (tertiary alicyclic amines) is 1. The molecule has 0 aromatic carbocycles. The van der Waals surface area contributed by atoms with Crippen molar-refractivity contribution in [3.8, 4) is 0 Å². The second-order valence-corrected chi connectivity index (χ2v) is 10.1. The van der Waals surface area contributed by atoms with Gasteiger partial charge in [0.1, 0.15) is 0 Å². The van der Waals surface area contributed by atoms with Gasteiger partial charge in [0.25, 0.3) is 0 Å². The Morgan fingerprint density at radius 3 is 3.00 bits per heavy atom. The Bertz CT molecular complexity index is 560. The molecule has 0 amide bonds. The minimum absolute atomic E-state index is 0.533. The Kier molecular flexibility index (Phi) is 7.70. The summed E-state index contributed by atoms with van der Waals surface area (Å²) >= 11 is 4.00. The summed E-state index contributed by atoms with van der Waals surface area (Å²) in [6.45, 7) is 4.45. The van der Waals surface area contributed by atoms with Crippen LogP contribution in [-0.2, 0) is 0 Å². The molecule has 4 atom stereocenters. The molecule has 2 N–H and O–H groups in total. The van der Waals surface area contributed by atoms with Crippen LogP contribution < -0.4 is 10.6 Å². The van der Waals surface area contributed by atoms with Crippen LogP contribution >= 0.6 is 23.1 Å². The van der Waals surface area contributed by atoms with Crippen molar-refractivity contribution in [2.75, 3.05) is 32.9 Å². The van der Waals surface area contributed by atoms with Gasteiger partial charge in [0.2, 0.25) is 0 Å². The Balaban J connectivity index is 1.52. The van der Waals surface area contributed by atoms with E-state index >= 15 is 0 Å². The van der Waals surface area contributed by atoms with Gasteiger partial charge in [-0.2, -0.15) is 11.8 Å². The van der Waals surface area contributed by atoms with Crippen LogP contribution in [-0.4, -0.2) is 55.1 Å². The molecule has 1 aromatic heterocycles. The maximum Gasteiger partial charge on any atom is 0.191 e. The van der Waals surface area contributed by atoms with E-state index in [1.54, 1.807) is 0 Å². The van der Waals surface area contributed by atoms with Crippen LogP contribution in [0, 0.1) is 5.92 Å². The minimum Gasteiger partial charge on any atom is -0.356 e. The molecule has 6 heteroatoms. The van der Waals surface area contributed by atoms with Gasteiger partial charge in [-0.15, -0.1) is 11.3 Å². The normalized spacial score (nSPS) is 30.5. The smallest absolute Gasteiger partial charge is 0.191 e. The number of guanidine groups is 1. The summed E-state index contributed by atoms with van der Waals surface area (Å²) in [6, 6.07) is 5.58. The van der Waals surface area contributed by atoms with E-state index < -0.39 is 0 Å². The van der Waals surface area contributed by atoms with Crippen LogP contribution in [0.2, 0.25) is 0 Å². The molecule has 0 radical (unpaired) electrons. The molecule has 1 aromatic rings. The second kappa shape index (κ2) is 10.00. The van der Waals surface area contributed by atoms with Crippen LogP contribution in [0.3, 0.4) is 0 Å². The first-order chi connectivity index (χ1) is 12.7. The van der Waals surface area contributed by atoms with Crippen molar-refractivity contribution in [3.05, 3.63) is 22.4 Å². The Morgan fingerprint density at radius 2 is 2.27 bits per heavy atom. The predicted octanol–water partition coefficient (Wildman–Crippen LogP) is 3.97. The van der Waals surface area contributed by atoms with Crippen molar-refractivity contribution in [2.45, 2.75) is 56.4 Å². The number of aliphatic imine (C=N–C) groups is 1. The lowest BCUT2D eigenvalue weighted by atomic mass is 9.88. The van der Waals surface area contributed by atoms with Gasteiger partial charge in [0.15, 0.2) is 5.96 Å². The van der Waals surface area contributed by atoms with Crippen LogP contribution in [0.25, 0.3) is 0 Å². The van der Waals surface area contributed by atoms with Crippen molar-refractivity contribution in [2.24, 2.45) is 10.9 Å². The van der Waals surface area contributed by atoms with Gasteiger partial charge in [-0.25, -0.2) is 0 Å². The van der Waals surface area contributed by atoms with Crippen molar-refractivity contribution < 1.29 is 0 Å². The van der Waals surface area contributed by atoms with Crippen molar-refractivity contribution >= 4 is 29.1 Å². The average molecular weight is 395 g/mol. The number of hydrogen-bond donors (Lipinski definition) is 2. The van der Waals surface area contributed by atoms with E-state index in [1.165, 1.54) is 49.3 Å². The number of thiophene rings is 1. The molecule has 146 valence electrons. The highest BCUT2D eigenvalue weighted by Crippen LogP contribution is 2.36. The highest BCUT2D eigenvalue weighted by molar-refractivity contribution is 7.99. The number of hydrogen-bond acceptors (Lipinski definition) is 4. The van der Waals surface area contributed by atoms with Gasteiger partial charge in [0.05, 0.1) is 0 Å². The van der Waals surface area contributed by atoms with Gasteiger partial charge in [-0.05, 0) is 68.8 Å². The fourth-order valence-corrected chi connectivity index (χ4v) is 6.58. The van der Waals surface area contributed by atoms with Gasteiger partial charge < -0.3 is 10.6 Å². The fourth-order valence-electron chi connectivity index (χ4n) is 4.46. The summed E-state index contributed by atoms with van der Waals surface area (Å²) in [4.78, 5) is 8.52. The molecule has 1 saturated heterocycles. The SMILES string of the molecule is CCSC1CCC(NC(=NC)NCC2CCCN(C)C2c2cccs2)C1. The maximum absolute atomic E-state index is 4.49. The molecule has 1 aliphatic carbocycles. The number of piperidine rings is 1. The van der Waals surface area contributed by atoms with Gasteiger partial charge in [-0.1, -0.05) is 13.0 Å². The number of rotatable bonds is 6. The van der Waals surface area contributed by atoms with E-state index in [2.05, 4.69) is 63.8 Å². The Morgan fingerprint density at radius 1 is 1.38 bits per heavy atom. The van der Waals surface area contributed by atoms with Gasteiger partial charge in [0, 0.05) is 35.8 Å². The first kappa shape index (κ1) is 20.0.